The molecule has 4 unspecified atom stereocenters. The molecule has 1 aromatic heterocycles. The molecule has 1 N–H and O–H groups in total. The molecule has 1 heterocycles. The van der Waals surface area contributed by atoms with Crippen molar-refractivity contribution in [2.45, 2.75) is 72.9 Å². The zero-order chi connectivity index (χ0) is 14.9. The van der Waals surface area contributed by atoms with Crippen molar-refractivity contribution in [2.24, 2.45) is 17.8 Å². The van der Waals surface area contributed by atoms with E-state index >= 15 is 0 Å². The summed E-state index contributed by atoms with van der Waals surface area (Å²) in [4.78, 5) is 0. The summed E-state index contributed by atoms with van der Waals surface area (Å²) in [6.07, 6.45) is 4.06. The lowest BCUT2D eigenvalue weighted by atomic mass is 9.73. The third-order valence-electron chi connectivity index (χ3n) is 5.03. The first-order valence-electron chi connectivity index (χ1n) is 8.21. The minimum atomic E-state index is 0.379. The van der Waals surface area contributed by atoms with Crippen molar-refractivity contribution >= 4 is 0 Å². The van der Waals surface area contributed by atoms with E-state index < -0.39 is 0 Å². The standard InChI is InChI=1S/C18H31NO/c1-11(2)16-8-7-12(3)9-18(16)19-14(5)17-10-13(4)20-15(17)6/h10-12,14,16,18-19H,7-9H2,1-6H3. The lowest BCUT2D eigenvalue weighted by Gasteiger charge is -2.39. The van der Waals surface area contributed by atoms with Gasteiger partial charge in [0.2, 0.25) is 0 Å². The number of furan rings is 1. The van der Waals surface area contributed by atoms with Crippen LogP contribution in [-0.2, 0) is 0 Å². The van der Waals surface area contributed by atoms with E-state index in [4.69, 9.17) is 4.42 Å². The topological polar surface area (TPSA) is 25.2 Å². The molecule has 1 aromatic rings. The summed E-state index contributed by atoms with van der Waals surface area (Å²) >= 11 is 0. The maximum atomic E-state index is 5.68. The maximum absolute atomic E-state index is 5.68. The molecule has 2 heteroatoms. The molecule has 0 saturated heterocycles. The molecule has 2 rings (SSSR count). The minimum absolute atomic E-state index is 0.379. The molecular weight excluding hydrogens is 246 g/mol. The molecule has 0 radical (unpaired) electrons. The minimum Gasteiger partial charge on any atom is -0.466 e. The van der Waals surface area contributed by atoms with Crippen molar-refractivity contribution in [2.75, 3.05) is 0 Å². The molecule has 20 heavy (non-hydrogen) atoms. The molecule has 0 aliphatic heterocycles. The van der Waals surface area contributed by atoms with Crippen molar-refractivity contribution in [1.29, 1.82) is 0 Å². The van der Waals surface area contributed by atoms with Crippen LogP contribution in [0.3, 0.4) is 0 Å². The van der Waals surface area contributed by atoms with Crippen LogP contribution in [0.4, 0.5) is 0 Å². The van der Waals surface area contributed by atoms with Gasteiger partial charge in [0.05, 0.1) is 0 Å². The Hall–Kier alpha value is -0.760. The Morgan fingerprint density at radius 2 is 1.90 bits per heavy atom. The Bertz CT molecular complexity index is 435. The van der Waals surface area contributed by atoms with Gasteiger partial charge in [0, 0.05) is 17.6 Å². The van der Waals surface area contributed by atoms with E-state index in [2.05, 4.69) is 46.0 Å². The van der Waals surface area contributed by atoms with Crippen LogP contribution in [0.25, 0.3) is 0 Å². The molecule has 0 amide bonds. The van der Waals surface area contributed by atoms with Gasteiger partial charge in [-0.3, -0.25) is 0 Å². The zero-order valence-corrected chi connectivity index (χ0v) is 14.0. The van der Waals surface area contributed by atoms with Crippen molar-refractivity contribution in [3.63, 3.8) is 0 Å². The largest absolute Gasteiger partial charge is 0.466 e. The highest BCUT2D eigenvalue weighted by Crippen LogP contribution is 2.35. The number of hydrogen-bond acceptors (Lipinski definition) is 2. The van der Waals surface area contributed by atoms with Crippen molar-refractivity contribution in [1.82, 2.24) is 5.32 Å². The van der Waals surface area contributed by atoms with Crippen LogP contribution in [0.1, 0.15) is 70.1 Å². The van der Waals surface area contributed by atoms with Gasteiger partial charge in [0.1, 0.15) is 11.5 Å². The Labute approximate surface area is 124 Å². The first-order chi connectivity index (χ1) is 9.38. The third-order valence-corrected chi connectivity index (χ3v) is 5.03. The second kappa shape index (κ2) is 6.34. The fourth-order valence-corrected chi connectivity index (χ4v) is 3.89. The molecule has 0 spiro atoms. The molecule has 1 saturated carbocycles. The number of aryl methyl sites for hydroxylation is 2. The normalized spacial score (nSPS) is 28.9. The van der Waals surface area contributed by atoms with Gasteiger partial charge < -0.3 is 9.73 Å². The van der Waals surface area contributed by atoms with Crippen LogP contribution in [0.15, 0.2) is 10.5 Å². The van der Waals surface area contributed by atoms with Crippen LogP contribution >= 0.6 is 0 Å². The van der Waals surface area contributed by atoms with Gasteiger partial charge in [-0.15, -0.1) is 0 Å². The van der Waals surface area contributed by atoms with Gasteiger partial charge in [-0.05, 0) is 57.4 Å². The smallest absolute Gasteiger partial charge is 0.105 e. The summed E-state index contributed by atoms with van der Waals surface area (Å²) < 4.78 is 5.68. The van der Waals surface area contributed by atoms with Gasteiger partial charge in [0.15, 0.2) is 0 Å². The molecule has 1 aliphatic rings. The van der Waals surface area contributed by atoms with Crippen LogP contribution < -0.4 is 5.32 Å². The number of rotatable bonds is 4. The Morgan fingerprint density at radius 3 is 2.45 bits per heavy atom. The SMILES string of the molecule is Cc1cc(C(C)NC2CC(C)CCC2C(C)C)c(C)o1. The summed E-state index contributed by atoms with van der Waals surface area (Å²) in [6.45, 7) is 13.5. The first kappa shape index (κ1) is 15.6. The average molecular weight is 277 g/mol. The second-order valence-corrected chi connectivity index (χ2v) is 7.19. The quantitative estimate of drug-likeness (QED) is 0.837. The van der Waals surface area contributed by atoms with Crippen LogP contribution in [-0.4, -0.2) is 6.04 Å². The van der Waals surface area contributed by atoms with Crippen molar-refractivity contribution in [3.8, 4) is 0 Å². The summed E-state index contributed by atoms with van der Waals surface area (Å²) in [6, 6.07) is 3.20. The summed E-state index contributed by atoms with van der Waals surface area (Å²) in [5.41, 5.74) is 1.32. The molecule has 1 fully saturated rings. The Balaban J connectivity index is 2.07. The number of nitrogens with one attached hydrogen (secondary N) is 1. The molecule has 0 bridgehead atoms. The predicted octanol–water partition coefficient (Wildman–Crippen LogP) is 5.01. The van der Waals surface area contributed by atoms with E-state index in [1.165, 1.54) is 24.8 Å². The average Bonchev–Trinajstić information content (AvgIpc) is 2.68. The van der Waals surface area contributed by atoms with E-state index in [1.807, 2.05) is 6.92 Å². The lowest BCUT2D eigenvalue weighted by molar-refractivity contribution is 0.161. The monoisotopic (exact) mass is 277 g/mol. The highest BCUT2D eigenvalue weighted by atomic mass is 16.3. The molecule has 114 valence electrons. The summed E-state index contributed by atoms with van der Waals surface area (Å²) in [5.74, 6) is 4.50. The van der Waals surface area contributed by atoms with Gasteiger partial charge in [0.25, 0.3) is 0 Å². The Morgan fingerprint density at radius 1 is 1.20 bits per heavy atom. The van der Waals surface area contributed by atoms with Gasteiger partial charge in [-0.1, -0.05) is 27.2 Å². The van der Waals surface area contributed by atoms with E-state index in [-0.39, 0.29) is 0 Å². The molecule has 4 atom stereocenters. The highest BCUT2D eigenvalue weighted by molar-refractivity contribution is 5.23. The van der Waals surface area contributed by atoms with Crippen molar-refractivity contribution in [3.05, 3.63) is 23.2 Å². The van der Waals surface area contributed by atoms with E-state index in [1.54, 1.807) is 0 Å². The summed E-state index contributed by atoms with van der Waals surface area (Å²) in [5, 5.41) is 3.89. The van der Waals surface area contributed by atoms with E-state index in [0.29, 0.717) is 12.1 Å². The number of hydrogen-bond donors (Lipinski definition) is 1. The predicted molar refractivity (Wildman–Crippen MR) is 84.9 cm³/mol. The maximum Gasteiger partial charge on any atom is 0.105 e. The molecular formula is C18H31NO. The van der Waals surface area contributed by atoms with Crippen LogP contribution in [0.2, 0.25) is 0 Å². The fraction of sp³-hybridized carbons (Fsp3) is 0.778. The highest BCUT2D eigenvalue weighted by Gasteiger charge is 2.31. The fourth-order valence-electron chi connectivity index (χ4n) is 3.89. The van der Waals surface area contributed by atoms with Gasteiger partial charge in [-0.25, -0.2) is 0 Å². The van der Waals surface area contributed by atoms with Crippen molar-refractivity contribution < 1.29 is 4.42 Å². The van der Waals surface area contributed by atoms with Crippen LogP contribution in [0, 0.1) is 31.6 Å². The summed E-state index contributed by atoms with van der Waals surface area (Å²) in [7, 11) is 0. The third kappa shape index (κ3) is 3.46. The van der Waals surface area contributed by atoms with Gasteiger partial charge >= 0.3 is 0 Å². The molecule has 0 aromatic carbocycles. The lowest BCUT2D eigenvalue weighted by Crippen LogP contribution is -2.43. The van der Waals surface area contributed by atoms with Gasteiger partial charge in [-0.2, -0.15) is 0 Å². The second-order valence-electron chi connectivity index (χ2n) is 7.19. The van der Waals surface area contributed by atoms with E-state index in [0.717, 1.165) is 29.3 Å². The zero-order valence-electron chi connectivity index (χ0n) is 14.0. The van der Waals surface area contributed by atoms with Crippen LogP contribution in [0.5, 0.6) is 0 Å². The molecule has 1 aliphatic carbocycles. The molecule has 2 nitrogen and oxygen atoms in total. The Kier molecular flexibility index (Phi) is 4.95. The van der Waals surface area contributed by atoms with E-state index in [9.17, 15) is 0 Å². The first-order valence-corrected chi connectivity index (χ1v) is 8.21.